The van der Waals surface area contributed by atoms with Crippen molar-refractivity contribution in [1.82, 2.24) is 4.98 Å². The van der Waals surface area contributed by atoms with Gasteiger partial charge < -0.3 is 0 Å². The summed E-state index contributed by atoms with van der Waals surface area (Å²) < 4.78 is 0.776. The van der Waals surface area contributed by atoms with Crippen molar-refractivity contribution in [2.45, 2.75) is 0 Å². The summed E-state index contributed by atoms with van der Waals surface area (Å²) in [5.41, 5.74) is 10.6. The summed E-state index contributed by atoms with van der Waals surface area (Å²) in [4.78, 5) is 17.5. The molecule has 0 aliphatic rings. The summed E-state index contributed by atoms with van der Waals surface area (Å²) in [7, 11) is 0. The van der Waals surface area contributed by atoms with Gasteiger partial charge in [0.25, 0.3) is 5.69 Å². The molecule has 0 fully saturated rings. The summed E-state index contributed by atoms with van der Waals surface area (Å²) >= 11 is 1.39. The number of nitro benzene ring substituents is 1. The molecule has 0 unspecified atom stereocenters. The van der Waals surface area contributed by atoms with E-state index in [1.54, 1.807) is 18.2 Å². The summed E-state index contributed by atoms with van der Waals surface area (Å²) in [5.74, 6) is 0. The number of rotatable bonds is 4. The monoisotopic (exact) mass is 323 g/mol. The second-order valence-electron chi connectivity index (χ2n) is 4.58. The van der Waals surface area contributed by atoms with Crippen LogP contribution in [0.1, 0.15) is 10.6 Å². The molecule has 8 heteroatoms. The van der Waals surface area contributed by atoms with Crippen LogP contribution in [0, 0.1) is 10.1 Å². The van der Waals surface area contributed by atoms with Gasteiger partial charge in [-0.1, -0.05) is 35.5 Å². The van der Waals surface area contributed by atoms with Crippen LogP contribution in [0.4, 0.5) is 11.4 Å². The van der Waals surface area contributed by atoms with Crippen LogP contribution in [0.5, 0.6) is 0 Å². The molecule has 0 bridgehead atoms. The molecule has 112 valence electrons. The van der Waals surface area contributed by atoms with E-state index in [4.69, 9.17) is 5.53 Å². The van der Waals surface area contributed by atoms with E-state index in [1.807, 2.05) is 24.3 Å². The van der Waals surface area contributed by atoms with Gasteiger partial charge in [0.2, 0.25) is 0 Å². The highest BCUT2D eigenvalue weighted by atomic mass is 32.1. The van der Waals surface area contributed by atoms with Crippen LogP contribution in [-0.2, 0) is 0 Å². The molecular formula is C15H9N5O2S. The molecule has 0 aliphatic heterocycles. The van der Waals surface area contributed by atoms with Crippen LogP contribution in [0.25, 0.3) is 32.8 Å². The quantitative estimate of drug-likeness (QED) is 0.213. The topological polar surface area (TPSA) is 105 Å². The molecule has 0 spiro atoms. The minimum atomic E-state index is -0.417. The fraction of sp³-hybridized carbons (Fsp3) is 0. The minimum Gasteiger partial charge on any atom is -0.258 e. The maximum atomic E-state index is 10.8. The lowest BCUT2D eigenvalue weighted by Crippen LogP contribution is -1.85. The molecule has 0 saturated heterocycles. The summed E-state index contributed by atoms with van der Waals surface area (Å²) in [6, 6.07) is 11.7. The molecule has 1 heterocycles. The molecule has 0 atom stereocenters. The molecule has 3 aromatic rings. The number of non-ortho nitro benzene ring substituents is 1. The Morgan fingerprint density at radius 2 is 2.00 bits per heavy atom. The number of azide groups is 1. The Kier molecular flexibility index (Phi) is 4.01. The number of thiazole rings is 1. The smallest absolute Gasteiger partial charge is 0.258 e. The fourth-order valence-corrected chi connectivity index (χ4v) is 2.89. The molecule has 0 amide bonds. The highest BCUT2D eigenvalue weighted by Gasteiger charge is 2.09. The first-order valence-corrected chi connectivity index (χ1v) is 7.35. The summed E-state index contributed by atoms with van der Waals surface area (Å²) in [6.45, 7) is 0. The van der Waals surface area contributed by atoms with Crippen LogP contribution < -0.4 is 0 Å². The van der Waals surface area contributed by atoms with Crippen LogP contribution >= 0.6 is 11.3 Å². The van der Waals surface area contributed by atoms with Crippen molar-refractivity contribution >= 4 is 45.1 Å². The van der Waals surface area contributed by atoms with Crippen molar-refractivity contribution in [3.63, 3.8) is 0 Å². The van der Waals surface area contributed by atoms with Crippen molar-refractivity contribution in [2.24, 2.45) is 5.11 Å². The molecule has 3 rings (SSSR count). The third-order valence-electron chi connectivity index (χ3n) is 3.07. The molecule has 1 aromatic heterocycles. The lowest BCUT2D eigenvalue weighted by molar-refractivity contribution is -0.384. The first-order valence-electron chi connectivity index (χ1n) is 6.54. The number of fused-ring (bicyclic) bond motifs is 1. The maximum Gasteiger partial charge on any atom is 0.270 e. The molecule has 23 heavy (non-hydrogen) atoms. The summed E-state index contributed by atoms with van der Waals surface area (Å²) in [5, 5.41) is 15.1. The van der Waals surface area contributed by atoms with E-state index in [2.05, 4.69) is 15.0 Å². The lowest BCUT2D eigenvalue weighted by Gasteiger charge is -1.93. The van der Waals surface area contributed by atoms with Gasteiger partial charge in [0.15, 0.2) is 0 Å². The predicted octanol–water partition coefficient (Wildman–Crippen LogP) is 5.32. The van der Waals surface area contributed by atoms with Crippen molar-refractivity contribution in [3.05, 3.63) is 73.6 Å². The zero-order valence-corrected chi connectivity index (χ0v) is 12.5. The second kappa shape index (κ2) is 6.27. The Balaban J connectivity index is 1.85. The number of aromatic nitrogens is 1. The largest absolute Gasteiger partial charge is 0.270 e. The van der Waals surface area contributed by atoms with Gasteiger partial charge in [0, 0.05) is 22.7 Å². The first-order chi connectivity index (χ1) is 11.2. The van der Waals surface area contributed by atoms with Gasteiger partial charge in [0.05, 0.1) is 15.1 Å². The zero-order chi connectivity index (χ0) is 16.2. The number of hydrogen-bond donors (Lipinski definition) is 0. The van der Waals surface area contributed by atoms with E-state index in [0.29, 0.717) is 5.69 Å². The van der Waals surface area contributed by atoms with Crippen molar-refractivity contribution in [3.8, 4) is 0 Å². The van der Waals surface area contributed by atoms with Gasteiger partial charge in [-0.2, -0.15) is 0 Å². The van der Waals surface area contributed by atoms with Gasteiger partial charge >= 0.3 is 0 Å². The minimum absolute atomic E-state index is 0.0605. The van der Waals surface area contributed by atoms with Crippen LogP contribution in [0.2, 0.25) is 0 Å². The summed E-state index contributed by atoms with van der Waals surface area (Å²) in [6.07, 6.45) is 3.73. The molecule has 0 radical (unpaired) electrons. The third-order valence-corrected chi connectivity index (χ3v) is 4.05. The molecule has 0 saturated carbocycles. The Morgan fingerprint density at radius 3 is 2.70 bits per heavy atom. The van der Waals surface area contributed by atoms with Crippen LogP contribution in [0.3, 0.4) is 0 Å². The Labute approximate surface area is 134 Å². The molecular weight excluding hydrogens is 314 g/mol. The highest BCUT2D eigenvalue weighted by molar-refractivity contribution is 7.19. The predicted molar refractivity (Wildman–Crippen MR) is 90.5 cm³/mol. The standard InChI is InChI=1S/C15H9N5O2S/c16-19-18-11-4-1-10(2-5-11)3-8-15-17-13-7-6-12(20(21)22)9-14(13)23-15/h1-9H/b8-3+. The van der Waals surface area contributed by atoms with E-state index >= 15 is 0 Å². The van der Waals surface area contributed by atoms with E-state index in [1.165, 1.54) is 23.5 Å². The average molecular weight is 323 g/mol. The lowest BCUT2D eigenvalue weighted by atomic mass is 10.2. The molecule has 0 aliphatic carbocycles. The Morgan fingerprint density at radius 1 is 1.22 bits per heavy atom. The number of nitro groups is 1. The van der Waals surface area contributed by atoms with E-state index in [-0.39, 0.29) is 5.69 Å². The van der Waals surface area contributed by atoms with Crippen LogP contribution in [0.15, 0.2) is 47.6 Å². The zero-order valence-electron chi connectivity index (χ0n) is 11.7. The van der Waals surface area contributed by atoms with E-state index in [9.17, 15) is 10.1 Å². The SMILES string of the molecule is [N-]=[N+]=Nc1ccc(/C=C/c2nc3ccc([N+](=O)[O-])cc3s2)cc1. The second-order valence-corrected chi connectivity index (χ2v) is 5.64. The van der Waals surface area contributed by atoms with E-state index in [0.717, 1.165) is 20.8 Å². The van der Waals surface area contributed by atoms with Crippen molar-refractivity contribution in [2.75, 3.05) is 0 Å². The maximum absolute atomic E-state index is 10.8. The Hall–Kier alpha value is -3.22. The normalized spacial score (nSPS) is 10.8. The molecule has 7 nitrogen and oxygen atoms in total. The average Bonchev–Trinajstić information content (AvgIpc) is 2.96. The van der Waals surface area contributed by atoms with Gasteiger partial charge in [-0.25, -0.2) is 4.98 Å². The van der Waals surface area contributed by atoms with Gasteiger partial charge in [-0.3, -0.25) is 10.1 Å². The van der Waals surface area contributed by atoms with Gasteiger partial charge in [-0.15, -0.1) is 11.3 Å². The van der Waals surface area contributed by atoms with E-state index < -0.39 is 4.92 Å². The van der Waals surface area contributed by atoms with Crippen molar-refractivity contribution < 1.29 is 4.92 Å². The molecule has 2 aromatic carbocycles. The fourth-order valence-electron chi connectivity index (χ4n) is 1.99. The van der Waals surface area contributed by atoms with Crippen molar-refractivity contribution in [1.29, 1.82) is 0 Å². The van der Waals surface area contributed by atoms with Gasteiger partial charge in [0.1, 0.15) is 5.01 Å². The van der Waals surface area contributed by atoms with Crippen LogP contribution in [-0.4, -0.2) is 9.91 Å². The highest BCUT2D eigenvalue weighted by Crippen LogP contribution is 2.27. The number of hydrogen-bond acceptors (Lipinski definition) is 5. The van der Waals surface area contributed by atoms with Gasteiger partial charge in [-0.05, 0) is 23.2 Å². The molecule has 0 N–H and O–H groups in total. The number of nitrogens with zero attached hydrogens (tertiary/aromatic N) is 5. The first kappa shape index (κ1) is 14.7. The Bertz CT molecular complexity index is 956. The number of benzene rings is 2. The third kappa shape index (κ3) is 3.34.